The maximum atomic E-state index is 6.07. The van der Waals surface area contributed by atoms with Crippen molar-refractivity contribution in [3.05, 3.63) is 45.4 Å². The van der Waals surface area contributed by atoms with Gasteiger partial charge < -0.3 is 5.73 Å². The van der Waals surface area contributed by atoms with Gasteiger partial charge in [-0.15, -0.1) is 0 Å². The lowest BCUT2D eigenvalue weighted by atomic mass is 10.0. The molecular formula is C12H16BrN. The van der Waals surface area contributed by atoms with Crippen LogP contribution in [0.1, 0.15) is 31.0 Å². The fourth-order valence-electron chi connectivity index (χ4n) is 1.42. The minimum atomic E-state index is -0.00231. The Hall–Kier alpha value is -0.600. The van der Waals surface area contributed by atoms with Crippen LogP contribution in [0, 0.1) is 6.92 Å². The number of rotatable bonds is 2. The molecule has 0 heterocycles. The molecule has 0 saturated heterocycles. The molecule has 1 aromatic rings. The van der Waals surface area contributed by atoms with E-state index in [9.17, 15) is 0 Å². The first-order valence-electron chi connectivity index (χ1n) is 4.67. The summed E-state index contributed by atoms with van der Waals surface area (Å²) < 4.78 is 1.08. The minimum absolute atomic E-state index is 0.00231. The van der Waals surface area contributed by atoms with Gasteiger partial charge in [0.2, 0.25) is 0 Å². The van der Waals surface area contributed by atoms with Crippen LogP contribution in [0.5, 0.6) is 0 Å². The van der Waals surface area contributed by atoms with Crippen LogP contribution >= 0.6 is 15.9 Å². The quantitative estimate of drug-likeness (QED) is 0.799. The fraction of sp³-hybridized carbons (Fsp3) is 0.333. The third-order valence-corrected chi connectivity index (χ3v) is 2.61. The molecule has 0 bridgehead atoms. The van der Waals surface area contributed by atoms with Gasteiger partial charge in [-0.2, -0.15) is 0 Å². The molecule has 0 aliphatic heterocycles. The van der Waals surface area contributed by atoms with Crippen LogP contribution in [0.2, 0.25) is 0 Å². The molecule has 1 nitrogen and oxygen atoms in total. The number of nitrogens with two attached hydrogens (primary N) is 1. The number of halogens is 1. The molecule has 0 aliphatic carbocycles. The maximum absolute atomic E-state index is 6.07. The van der Waals surface area contributed by atoms with E-state index in [4.69, 9.17) is 5.73 Å². The number of hydrogen-bond acceptors (Lipinski definition) is 1. The van der Waals surface area contributed by atoms with Gasteiger partial charge in [0.25, 0.3) is 0 Å². The normalized spacial score (nSPS) is 12.4. The van der Waals surface area contributed by atoms with E-state index in [1.807, 2.05) is 6.07 Å². The summed E-state index contributed by atoms with van der Waals surface area (Å²) in [5, 5.41) is 0. The third-order valence-electron chi connectivity index (χ3n) is 2.11. The Morgan fingerprint density at radius 1 is 1.43 bits per heavy atom. The zero-order chi connectivity index (χ0) is 10.7. The van der Waals surface area contributed by atoms with Gasteiger partial charge in [-0.05, 0) is 44.0 Å². The molecule has 0 saturated carbocycles. The number of benzene rings is 1. The highest BCUT2D eigenvalue weighted by Gasteiger charge is 2.06. The molecule has 1 rings (SSSR count). The Kier molecular flexibility index (Phi) is 3.90. The van der Waals surface area contributed by atoms with E-state index in [0.29, 0.717) is 0 Å². The molecule has 0 amide bonds. The standard InChI is InChI=1S/C12H16BrN/c1-8(2)6-12(14)11-7-10(13)5-4-9(11)3/h4-7,12H,14H2,1-3H3. The first kappa shape index (κ1) is 11.5. The van der Waals surface area contributed by atoms with Crippen LogP contribution < -0.4 is 5.73 Å². The number of aryl methyl sites for hydroxylation is 1. The second-order valence-electron chi connectivity index (χ2n) is 3.77. The van der Waals surface area contributed by atoms with Crippen LogP contribution in [0.15, 0.2) is 34.3 Å². The molecule has 1 unspecified atom stereocenters. The first-order chi connectivity index (χ1) is 6.50. The summed E-state index contributed by atoms with van der Waals surface area (Å²) in [5.41, 5.74) is 9.73. The Bertz CT molecular complexity index is 351. The smallest absolute Gasteiger partial charge is 0.0486 e. The van der Waals surface area contributed by atoms with E-state index in [-0.39, 0.29) is 6.04 Å². The lowest BCUT2D eigenvalue weighted by Crippen LogP contribution is -2.09. The molecule has 0 aromatic heterocycles. The van der Waals surface area contributed by atoms with Crippen molar-refractivity contribution >= 4 is 15.9 Å². The zero-order valence-corrected chi connectivity index (χ0v) is 10.4. The average molecular weight is 254 g/mol. The highest BCUT2D eigenvalue weighted by atomic mass is 79.9. The summed E-state index contributed by atoms with van der Waals surface area (Å²) in [6.45, 7) is 6.21. The lowest BCUT2D eigenvalue weighted by Gasteiger charge is -2.11. The van der Waals surface area contributed by atoms with E-state index in [1.165, 1.54) is 16.7 Å². The highest BCUT2D eigenvalue weighted by molar-refractivity contribution is 9.10. The van der Waals surface area contributed by atoms with Gasteiger partial charge in [-0.3, -0.25) is 0 Å². The molecule has 0 fully saturated rings. The van der Waals surface area contributed by atoms with Crippen molar-refractivity contribution in [1.82, 2.24) is 0 Å². The molecule has 76 valence electrons. The molecule has 2 N–H and O–H groups in total. The minimum Gasteiger partial charge on any atom is -0.321 e. The topological polar surface area (TPSA) is 26.0 Å². The van der Waals surface area contributed by atoms with Gasteiger partial charge in [0, 0.05) is 10.5 Å². The molecule has 0 aliphatic rings. The predicted molar refractivity (Wildman–Crippen MR) is 65.2 cm³/mol. The third kappa shape index (κ3) is 2.96. The summed E-state index contributed by atoms with van der Waals surface area (Å²) >= 11 is 3.45. The average Bonchev–Trinajstić information content (AvgIpc) is 2.08. The van der Waals surface area contributed by atoms with Crippen molar-refractivity contribution in [2.24, 2.45) is 5.73 Å². The van der Waals surface area contributed by atoms with Crippen molar-refractivity contribution in [3.8, 4) is 0 Å². The second kappa shape index (κ2) is 4.76. The van der Waals surface area contributed by atoms with Crippen LogP contribution in [0.25, 0.3) is 0 Å². The van der Waals surface area contributed by atoms with Gasteiger partial charge in [-0.25, -0.2) is 0 Å². The Morgan fingerprint density at radius 3 is 2.64 bits per heavy atom. The molecule has 1 aromatic carbocycles. The Balaban J connectivity index is 3.05. The summed E-state index contributed by atoms with van der Waals surface area (Å²) in [4.78, 5) is 0. The largest absolute Gasteiger partial charge is 0.321 e. The number of allylic oxidation sites excluding steroid dienone is 1. The Labute approximate surface area is 94.1 Å². The van der Waals surface area contributed by atoms with E-state index in [0.717, 1.165) is 4.47 Å². The van der Waals surface area contributed by atoms with Crippen molar-refractivity contribution in [2.45, 2.75) is 26.8 Å². The number of hydrogen-bond donors (Lipinski definition) is 1. The van der Waals surface area contributed by atoms with Crippen LogP contribution in [0.4, 0.5) is 0 Å². The molecule has 0 spiro atoms. The molecule has 14 heavy (non-hydrogen) atoms. The second-order valence-corrected chi connectivity index (χ2v) is 4.69. The Morgan fingerprint density at radius 2 is 2.07 bits per heavy atom. The maximum Gasteiger partial charge on any atom is 0.0486 e. The van der Waals surface area contributed by atoms with Crippen LogP contribution in [-0.2, 0) is 0 Å². The van der Waals surface area contributed by atoms with E-state index in [2.05, 4.69) is 54.9 Å². The SMILES string of the molecule is CC(C)=CC(N)c1cc(Br)ccc1C. The molecule has 1 atom stereocenters. The van der Waals surface area contributed by atoms with Gasteiger partial charge in [0.15, 0.2) is 0 Å². The van der Waals surface area contributed by atoms with Crippen molar-refractivity contribution in [3.63, 3.8) is 0 Å². The molecular weight excluding hydrogens is 238 g/mol. The molecule has 2 heteroatoms. The summed E-state index contributed by atoms with van der Waals surface area (Å²) in [6.07, 6.45) is 2.08. The van der Waals surface area contributed by atoms with Gasteiger partial charge in [0.05, 0.1) is 0 Å². The monoisotopic (exact) mass is 253 g/mol. The van der Waals surface area contributed by atoms with E-state index < -0.39 is 0 Å². The van der Waals surface area contributed by atoms with Crippen molar-refractivity contribution < 1.29 is 0 Å². The van der Waals surface area contributed by atoms with Crippen LogP contribution in [0.3, 0.4) is 0 Å². The summed E-state index contributed by atoms with van der Waals surface area (Å²) in [6, 6.07) is 6.20. The zero-order valence-electron chi connectivity index (χ0n) is 8.84. The van der Waals surface area contributed by atoms with Gasteiger partial charge >= 0.3 is 0 Å². The summed E-state index contributed by atoms with van der Waals surface area (Å²) in [7, 11) is 0. The predicted octanol–water partition coefficient (Wildman–Crippen LogP) is 3.72. The molecule has 0 radical (unpaired) electrons. The fourth-order valence-corrected chi connectivity index (χ4v) is 1.80. The van der Waals surface area contributed by atoms with Crippen LogP contribution in [-0.4, -0.2) is 0 Å². The summed E-state index contributed by atoms with van der Waals surface area (Å²) in [5.74, 6) is 0. The van der Waals surface area contributed by atoms with Gasteiger partial charge in [0.1, 0.15) is 0 Å². The van der Waals surface area contributed by atoms with Crippen molar-refractivity contribution in [1.29, 1.82) is 0 Å². The lowest BCUT2D eigenvalue weighted by molar-refractivity contribution is 0.887. The van der Waals surface area contributed by atoms with E-state index in [1.54, 1.807) is 0 Å². The van der Waals surface area contributed by atoms with E-state index >= 15 is 0 Å². The highest BCUT2D eigenvalue weighted by Crippen LogP contribution is 2.22. The van der Waals surface area contributed by atoms with Gasteiger partial charge in [-0.1, -0.05) is 33.6 Å². The first-order valence-corrected chi connectivity index (χ1v) is 5.46. The van der Waals surface area contributed by atoms with Crippen molar-refractivity contribution in [2.75, 3.05) is 0 Å².